The Labute approximate surface area is 105 Å². The van der Waals surface area contributed by atoms with Crippen LogP contribution in [-0.2, 0) is 14.8 Å². The van der Waals surface area contributed by atoms with Gasteiger partial charge in [-0.3, -0.25) is 4.79 Å². The Morgan fingerprint density at radius 3 is 2.11 bits per heavy atom. The lowest BCUT2D eigenvalue weighted by molar-refractivity contribution is -0.149. The van der Waals surface area contributed by atoms with E-state index in [1.54, 1.807) is 4.72 Å². The number of nitrogens with one attached hydrogen (secondary N) is 1. The van der Waals surface area contributed by atoms with Gasteiger partial charge in [-0.15, -0.1) is 0 Å². The van der Waals surface area contributed by atoms with Gasteiger partial charge in [0.1, 0.15) is 0 Å². The Balaban J connectivity index is 2.77. The minimum Gasteiger partial charge on any atom is -0.481 e. The van der Waals surface area contributed by atoms with Crippen molar-refractivity contribution < 1.29 is 27.1 Å². The summed E-state index contributed by atoms with van der Waals surface area (Å²) in [6.45, 7) is -0.463. The van der Waals surface area contributed by atoms with Gasteiger partial charge >= 0.3 is 11.7 Å². The highest BCUT2D eigenvalue weighted by Crippen LogP contribution is 2.35. The van der Waals surface area contributed by atoms with Gasteiger partial charge in [0, 0.05) is 6.54 Å². The molecule has 2 N–H and O–H groups in total. The number of carboxylic acid groups (broad SMARTS) is 1. The van der Waals surface area contributed by atoms with Gasteiger partial charge in [0.15, 0.2) is 0 Å². The number of sulfonamides is 1. The van der Waals surface area contributed by atoms with Crippen molar-refractivity contribution in [2.45, 2.75) is 44.3 Å². The Kier molecular flexibility index (Phi) is 5.03. The maximum absolute atomic E-state index is 12.2. The fourth-order valence-corrected chi connectivity index (χ4v) is 2.78. The molecule has 0 aromatic carbocycles. The summed E-state index contributed by atoms with van der Waals surface area (Å²) in [5.41, 5.74) is -1.25. The fraction of sp³-hybridized carbons (Fsp3) is 0.900. The van der Waals surface area contributed by atoms with Crippen LogP contribution in [0.5, 0.6) is 0 Å². The van der Waals surface area contributed by atoms with Gasteiger partial charge in [-0.05, 0) is 12.8 Å². The molecule has 0 aromatic heterocycles. The number of hydrogen-bond acceptors (Lipinski definition) is 3. The van der Waals surface area contributed by atoms with Crippen molar-refractivity contribution >= 4 is 16.0 Å². The van der Waals surface area contributed by atoms with E-state index < -0.39 is 33.7 Å². The maximum atomic E-state index is 12.2. The number of halogens is 2. The fourth-order valence-electron chi connectivity index (χ4n) is 2.17. The van der Waals surface area contributed by atoms with Gasteiger partial charge in [-0.25, -0.2) is 13.1 Å². The van der Waals surface area contributed by atoms with Crippen LogP contribution in [0.2, 0.25) is 0 Å². The molecule has 0 unspecified atom stereocenters. The summed E-state index contributed by atoms with van der Waals surface area (Å²) in [5.74, 6) is -4.66. The van der Waals surface area contributed by atoms with Crippen LogP contribution in [0.15, 0.2) is 0 Å². The molecule has 1 saturated carbocycles. The molecule has 18 heavy (non-hydrogen) atoms. The van der Waals surface area contributed by atoms with Gasteiger partial charge in [0.2, 0.25) is 0 Å². The van der Waals surface area contributed by atoms with E-state index in [-0.39, 0.29) is 0 Å². The molecule has 1 aliphatic carbocycles. The van der Waals surface area contributed by atoms with Crippen LogP contribution in [0.25, 0.3) is 0 Å². The van der Waals surface area contributed by atoms with Crippen molar-refractivity contribution in [3.8, 4) is 0 Å². The molecule has 1 rings (SSSR count). The molecular weight excluding hydrogens is 268 g/mol. The first-order valence-electron chi connectivity index (χ1n) is 5.80. The smallest absolute Gasteiger partial charge is 0.350 e. The molecule has 0 aliphatic heterocycles. The summed E-state index contributed by atoms with van der Waals surface area (Å²) < 4.78 is 48.0. The predicted molar refractivity (Wildman–Crippen MR) is 60.7 cm³/mol. The SMILES string of the molecule is O=C(O)C1(CNS(=O)(=O)C(F)F)CCCCCC1. The average Bonchev–Trinajstić information content (AvgIpc) is 2.52. The molecule has 106 valence electrons. The van der Waals surface area contributed by atoms with E-state index in [1.807, 2.05) is 0 Å². The highest BCUT2D eigenvalue weighted by atomic mass is 32.2. The van der Waals surface area contributed by atoms with E-state index in [9.17, 15) is 27.1 Å². The summed E-state index contributed by atoms with van der Waals surface area (Å²) in [6, 6.07) is 0. The first-order valence-corrected chi connectivity index (χ1v) is 7.35. The average molecular weight is 285 g/mol. The minimum atomic E-state index is -4.73. The summed E-state index contributed by atoms with van der Waals surface area (Å²) in [4.78, 5) is 11.3. The highest BCUT2D eigenvalue weighted by Gasteiger charge is 2.40. The van der Waals surface area contributed by atoms with Crippen LogP contribution in [0, 0.1) is 5.41 Å². The first kappa shape index (κ1) is 15.3. The van der Waals surface area contributed by atoms with E-state index in [2.05, 4.69) is 0 Å². The predicted octanol–water partition coefficient (Wildman–Crippen LogP) is 1.55. The zero-order valence-corrected chi connectivity index (χ0v) is 10.7. The molecule has 0 radical (unpaired) electrons. The summed E-state index contributed by atoms with van der Waals surface area (Å²) >= 11 is 0. The van der Waals surface area contributed by atoms with Crippen molar-refractivity contribution in [2.75, 3.05) is 6.54 Å². The van der Waals surface area contributed by atoms with Crippen molar-refractivity contribution in [2.24, 2.45) is 5.41 Å². The van der Waals surface area contributed by atoms with Gasteiger partial charge in [0.25, 0.3) is 10.0 Å². The Morgan fingerprint density at radius 2 is 1.72 bits per heavy atom. The third kappa shape index (κ3) is 3.61. The lowest BCUT2D eigenvalue weighted by Crippen LogP contribution is -2.44. The van der Waals surface area contributed by atoms with Gasteiger partial charge in [-0.1, -0.05) is 25.7 Å². The quantitative estimate of drug-likeness (QED) is 0.751. The molecule has 0 amide bonds. The molecule has 8 heteroatoms. The molecule has 5 nitrogen and oxygen atoms in total. The number of carboxylic acids is 1. The Bertz CT molecular complexity index is 389. The summed E-state index contributed by atoms with van der Waals surface area (Å²) in [7, 11) is -4.73. The van der Waals surface area contributed by atoms with Crippen LogP contribution in [-0.4, -0.2) is 31.8 Å². The molecular formula is C10H17F2NO4S. The monoisotopic (exact) mass is 285 g/mol. The van der Waals surface area contributed by atoms with E-state index in [4.69, 9.17) is 0 Å². The first-order chi connectivity index (χ1) is 8.30. The third-order valence-corrected chi connectivity index (χ3v) is 4.38. The second-order valence-corrected chi connectivity index (χ2v) is 6.36. The van der Waals surface area contributed by atoms with Crippen LogP contribution in [0.4, 0.5) is 8.78 Å². The number of hydrogen-bond donors (Lipinski definition) is 2. The second kappa shape index (κ2) is 5.92. The molecule has 0 spiro atoms. The number of aliphatic carboxylic acids is 1. The number of carbonyl (C=O) groups is 1. The molecule has 0 bridgehead atoms. The van der Waals surface area contributed by atoms with Crippen molar-refractivity contribution in [1.29, 1.82) is 0 Å². The van der Waals surface area contributed by atoms with Gasteiger partial charge < -0.3 is 5.11 Å². The van der Waals surface area contributed by atoms with E-state index in [0.717, 1.165) is 12.8 Å². The van der Waals surface area contributed by atoms with E-state index in [0.29, 0.717) is 25.7 Å². The molecule has 1 fully saturated rings. The summed E-state index contributed by atoms with van der Waals surface area (Å²) in [5, 5.41) is 9.23. The van der Waals surface area contributed by atoms with Crippen molar-refractivity contribution in [3.05, 3.63) is 0 Å². The van der Waals surface area contributed by atoms with Gasteiger partial charge in [0.05, 0.1) is 5.41 Å². The molecule has 0 aromatic rings. The largest absolute Gasteiger partial charge is 0.481 e. The minimum absolute atomic E-state index is 0.314. The molecule has 0 heterocycles. The molecule has 0 atom stereocenters. The molecule has 0 saturated heterocycles. The van der Waals surface area contributed by atoms with Crippen LogP contribution in [0.3, 0.4) is 0 Å². The zero-order valence-electron chi connectivity index (χ0n) is 9.86. The summed E-state index contributed by atoms with van der Waals surface area (Å²) in [6.07, 6.45) is 3.74. The van der Waals surface area contributed by atoms with E-state index >= 15 is 0 Å². The van der Waals surface area contributed by atoms with Crippen LogP contribution >= 0.6 is 0 Å². The lowest BCUT2D eigenvalue weighted by atomic mass is 9.80. The van der Waals surface area contributed by atoms with Crippen molar-refractivity contribution in [3.63, 3.8) is 0 Å². The van der Waals surface area contributed by atoms with Crippen LogP contribution in [0.1, 0.15) is 38.5 Å². The number of rotatable bonds is 5. The topological polar surface area (TPSA) is 83.5 Å². The third-order valence-electron chi connectivity index (χ3n) is 3.36. The standard InChI is InChI=1S/C10H17F2NO4S/c11-9(12)18(16,17)13-7-10(8(14)15)5-3-1-2-4-6-10/h9,13H,1-7H2,(H,14,15). The normalized spacial score (nSPS) is 20.6. The number of alkyl halides is 2. The van der Waals surface area contributed by atoms with Gasteiger partial charge in [-0.2, -0.15) is 8.78 Å². The van der Waals surface area contributed by atoms with Crippen LogP contribution < -0.4 is 4.72 Å². The van der Waals surface area contributed by atoms with Crippen molar-refractivity contribution in [1.82, 2.24) is 4.72 Å². The second-order valence-electron chi connectivity index (χ2n) is 4.63. The maximum Gasteiger partial charge on any atom is 0.350 e. The molecule has 1 aliphatic rings. The van der Waals surface area contributed by atoms with E-state index in [1.165, 1.54) is 0 Å². The zero-order chi connectivity index (χ0) is 13.8. The highest BCUT2D eigenvalue weighted by molar-refractivity contribution is 7.89. The Morgan fingerprint density at radius 1 is 1.22 bits per heavy atom. The lowest BCUT2D eigenvalue weighted by Gasteiger charge is -2.27. The Hall–Kier alpha value is -0.760.